The molecule has 0 saturated carbocycles. The number of rotatable bonds is 8. The van der Waals surface area contributed by atoms with Crippen LogP contribution in [0.5, 0.6) is 17.4 Å². The van der Waals surface area contributed by atoms with Crippen LogP contribution in [0.4, 0.5) is 5.69 Å². The lowest BCUT2D eigenvalue weighted by atomic mass is 10.0. The minimum Gasteiger partial charge on any atom is -0.495 e. The van der Waals surface area contributed by atoms with Gasteiger partial charge >= 0.3 is 0 Å². The summed E-state index contributed by atoms with van der Waals surface area (Å²) in [4.78, 5) is 30.7. The van der Waals surface area contributed by atoms with E-state index in [2.05, 4.69) is 25.3 Å². The van der Waals surface area contributed by atoms with E-state index in [0.29, 0.717) is 52.3 Å². The summed E-state index contributed by atoms with van der Waals surface area (Å²) in [6.07, 6.45) is 3.80. The highest BCUT2D eigenvalue weighted by Crippen LogP contribution is 2.33. The highest BCUT2D eigenvalue weighted by Gasteiger charge is 2.16. The number of anilines is 1. The summed E-state index contributed by atoms with van der Waals surface area (Å²) < 4.78 is 11.7. The quantitative estimate of drug-likeness (QED) is 0.250. The van der Waals surface area contributed by atoms with Crippen LogP contribution < -0.4 is 14.8 Å². The molecule has 2 heterocycles. The van der Waals surface area contributed by atoms with E-state index in [1.807, 2.05) is 74.5 Å². The Morgan fingerprint density at radius 3 is 2.51 bits per heavy atom. The van der Waals surface area contributed by atoms with Gasteiger partial charge in [-0.1, -0.05) is 49.4 Å². The van der Waals surface area contributed by atoms with Gasteiger partial charge in [-0.15, -0.1) is 0 Å². The molecule has 5 rings (SSSR count). The van der Waals surface area contributed by atoms with Crippen molar-refractivity contribution in [2.24, 2.45) is 0 Å². The van der Waals surface area contributed by atoms with Crippen molar-refractivity contribution in [1.29, 1.82) is 0 Å². The van der Waals surface area contributed by atoms with Crippen LogP contribution >= 0.6 is 0 Å². The number of nitrogens with zero attached hydrogens (tertiary/aromatic N) is 4. The predicted molar refractivity (Wildman–Crippen MR) is 150 cm³/mol. The molecule has 0 fully saturated rings. The molecule has 194 valence electrons. The summed E-state index contributed by atoms with van der Waals surface area (Å²) >= 11 is 0. The van der Waals surface area contributed by atoms with Crippen molar-refractivity contribution in [3.63, 3.8) is 0 Å². The van der Waals surface area contributed by atoms with Crippen LogP contribution in [-0.2, 0) is 6.42 Å². The average Bonchev–Trinajstić information content (AvgIpc) is 2.99. The van der Waals surface area contributed by atoms with Gasteiger partial charge in [0.2, 0.25) is 5.88 Å². The topological polar surface area (TPSA) is 99.1 Å². The van der Waals surface area contributed by atoms with Crippen LogP contribution in [-0.4, -0.2) is 33.0 Å². The molecule has 2 aromatic heterocycles. The second-order valence-corrected chi connectivity index (χ2v) is 8.75. The van der Waals surface area contributed by atoms with Crippen molar-refractivity contribution in [1.82, 2.24) is 19.9 Å². The van der Waals surface area contributed by atoms with Crippen molar-refractivity contribution >= 4 is 11.6 Å². The van der Waals surface area contributed by atoms with Crippen LogP contribution in [0.15, 0.2) is 91.4 Å². The van der Waals surface area contributed by atoms with E-state index < -0.39 is 0 Å². The Hall–Kier alpha value is -5.11. The number of amides is 1. The molecule has 0 aliphatic carbocycles. The average molecular weight is 518 g/mol. The van der Waals surface area contributed by atoms with Crippen LogP contribution in [0, 0.1) is 6.92 Å². The molecule has 0 bridgehead atoms. The SMILES string of the molecule is CCc1ncnc(-c2cccnc2Oc2cc(C(=O)Nc3cc(-c4ccccc4)ccc3OC)ccc2C)n1. The van der Waals surface area contributed by atoms with E-state index >= 15 is 0 Å². The Kier molecular flexibility index (Phi) is 7.54. The fourth-order valence-corrected chi connectivity index (χ4v) is 4.04. The monoisotopic (exact) mass is 517 g/mol. The van der Waals surface area contributed by atoms with Gasteiger partial charge in [0.15, 0.2) is 5.82 Å². The van der Waals surface area contributed by atoms with Gasteiger partial charge in [0, 0.05) is 18.2 Å². The summed E-state index contributed by atoms with van der Waals surface area (Å²) in [6, 6.07) is 24.6. The standard InChI is InChI=1S/C31H27N5O3/c1-4-28-33-19-34-29(36-28)24-11-8-16-32-31(24)39-27-18-23(13-12-20(27)2)30(37)35-25-17-22(14-15-26(25)38-3)21-9-6-5-7-10-21/h5-19H,4H2,1-3H3,(H,35,37). The molecule has 1 amide bonds. The molecular formula is C31H27N5O3. The Morgan fingerprint density at radius 2 is 1.72 bits per heavy atom. The number of aryl methyl sites for hydroxylation is 2. The molecule has 8 heteroatoms. The smallest absolute Gasteiger partial charge is 0.255 e. The van der Waals surface area contributed by atoms with Crippen LogP contribution in [0.2, 0.25) is 0 Å². The van der Waals surface area contributed by atoms with Gasteiger partial charge in [0.1, 0.15) is 23.7 Å². The number of aromatic nitrogens is 4. The molecule has 5 aromatic rings. The van der Waals surface area contributed by atoms with Gasteiger partial charge in [-0.05, 0) is 60.0 Å². The Bertz CT molecular complexity index is 1620. The zero-order valence-electron chi connectivity index (χ0n) is 21.9. The zero-order valence-corrected chi connectivity index (χ0v) is 21.9. The predicted octanol–water partition coefficient (Wildman–Crippen LogP) is 6.52. The Labute approximate surface area is 226 Å². The first-order chi connectivity index (χ1) is 19.1. The minimum absolute atomic E-state index is 0.297. The van der Waals surface area contributed by atoms with Gasteiger partial charge < -0.3 is 14.8 Å². The lowest BCUT2D eigenvalue weighted by Gasteiger charge is -2.14. The number of ether oxygens (including phenoxy) is 2. The number of carbonyl (C=O) groups is 1. The molecule has 0 aliphatic rings. The first-order valence-corrected chi connectivity index (χ1v) is 12.5. The number of carbonyl (C=O) groups excluding carboxylic acids is 1. The minimum atomic E-state index is -0.297. The summed E-state index contributed by atoms with van der Waals surface area (Å²) in [5, 5.41) is 2.99. The number of pyridine rings is 1. The first kappa shape index (κ1) is 25.5. The summed E-state index contributed by atoms with van der Waals surface area (Å²) in [7, 11) is 1.57. The van der Waals surface area contributed by atoms with E-state index in [4.69, 9.17) is 9.47 Å². The van der Waals surface area contributed by atoms with Gasteiger partial charge in [-0.3, -0.25) is 4.79 Å². The van der Waals surface area contributed by atoms with Gasteiger partial charge in [-0.25, -0.2) is 19.9 Å². The zero-order chi connectivity index (χ0) is 27.2. The highest BCUT2D eigenvalue weighted by molar-refractivity contribution is 6.05. The molecule has 8 nitrogen and oxygen atoms in total. The largest absolute Gasteiger partial charge is 0.495 e. The van der Waals surface area contributed by atoms with E-state index in [9.17, 15) is 4.79 Å². The van der Waals surface area contributed by atoms with Crippen molar-refractivity contribution in [3.05, 3.63) is 108 Å². The molecular weight excluding hydrogens is 490 g/mol. The van der Waals surface area contributed by atoms with Gasteiger partial charge in [0.05, 0.1) is 18.4 Å². The second kappa shape index (κ2) is 11.5. The molecule has 39 heavy (non-hydrogen) atoms. The fourth-order valence-electron chi connectivity index (χ4n) is 4.04. The molecule has 0 aliphatic heterocycles. The molecule has 0 saturated heterocycles. The van der Waals surface area contributed by atoms with E-state index in [0.717, 1.165) is 16.7 Å². The van der Waals surface area contributed by atoms with Crippen LogP contribution in [0.1, 0.15) is 28.7 Å². The molecule has 0 radical (unpaired) electrons. The fraction of sp³-hybridized carbons (Fsp3) is 0.129. The molecule has 1 N–H and O–H groups in total. The lowest BCUT2D eigenvalue weighted by Crippen LogP contribution is -2.13. The first-order valence-electron chi connectivity index (χ1n) is 12.5. The van der Waals surface area contributed by atoms with E-state index in [1.165, 1.54) is 6.33 Å². The normalized spacial score (nSPS) is 10.6. The lowest BCUT2D eigenvalue weighted by molar-refractivity contribution is 0.102. The maximum atomic E-state index is 13.3. The van der Waals surface area contributed by atoms with Gasteiger partial charge in [0.25, 0.3) is 5.91 Å². The maximum absolute atomic E-state index is 13.3. The summed E-state index contributed by atoms with van der Waals surface area (Å²) in [5.74, 6) is 2.25. The molecule has 0 atom stereocenters. The molecule has 0 unspecified atom stereocenters. The molecule has 0 spiro atoms. The molecule has 3 aromatic carbocycles. The van der Waals surface area contributed by atoms with Crippen molar-refractivity contribution in [2.45, 2.75) is 20.3 Å². The van der Waals surface area contributed by atoms with E-state index in [-0.39, 0.29) is 5.91 Å². The third kappa shape index (κ3) is 5.75. The highest BCUT2D eigenvalue weighted by atomic mass is 16.5. The van der Waals surface area contributed by atoms with Crippen LogP contribution in [0.25, 0.3) is 22.5 Å². The Balaban J connectivity index is 1.42. The van der Waals surface area contributed by atoms with Crippen molar-refractivity contribution in [3.8, 4) is 39.9 Å². The van der Waals surface area contributed by atoms with Crippen molar-refractivity contribution < 1.29 is 14.3 Å². The third-order valence-corrected chi connectivity index (χ3v) is 6.16. The Morgan fingerprint density at radius 1 is 0.872 bits per heavy atom. The number of nitrogens with one attached hydrogen (secondary N) is 1. The van der Waals surface area contributed by atoms with Gasteiger partial charge in [-0.2, -0.15) is 0 Å². The number of benzene rings is 3. The third-order valence-electron chi connectivity index (χ3n) is 6.16. The second-order valence-electron chi connectivity index (χ2n) is 8.75. The maximum Gasteiger partial charge on any atom is 0.255 e. The number of methoxy groups -OCH3 is 1. The summed E-state index contributed by atoms with van der Waals surface area (Å²) in [6.45, 7) is 3.89. The summed E-state index contributed by atoms with van der Waals surface area (Å²) in [5.41, 5.74) is 4.47. The van der Waals surface area contributed by atoms with Crippen LogP contribution in [0.3, 0.4) is 0 Å². The van der Waals surface area contributed by atoms with E-state index in [1.54, 1.807) is 31.5 Å². The van der Waals surface area contributed by atoms with Crippen molar-refractivity contribution in [2.75, 3.05) is 12.4 Å². The number of hydrogen-bond donors (Lipinski definition) is 1. The number of hydrogen-bond acceptors (Lipinski definition) is 7.